The second-order valence-corrected chi connectivity index (χ2v) is 3.78. The van der Waals surface area contributed by atoms with E-state index in [9.17, 15) is 4.79 Å². The molecule has 15 heavy (non-hydrogen) atoms. The van der Waals surface area contributed by atoms with E-state index in [0.29, 0.717) is 0 Å². The van der Waals surface area contributed by atoms with Crippen LogP contribution < -0.4 is 5.32 Å². The first kappa shape index (κ1) is 11.7. The third-order valence-corrected chi connectivity index (χ3v) is 2.66. The molecule has 0 aliphatic rings. The maximum Gasteiger partial charge on any atom is 0.305 e. The van der Waals surface area contributed by atoms with E-state index in [4.69, 9.17) is 5.11 Å². The Morgan fingerprint density at radius 3 is 2.53 bits per heavy atom. The molecule has 0 saturated heterocycles. The highest BCUT2D eigenvalue weighted by atomic mass is 16.4. The van der Waals surface area contributed by atoms with E-state index in [1.165, 1.54) is 11.1 Å². The second-order valence-electron chi connectivity index (χ2n) is 3.78. The lowest BCUT2D eigenvalue weighted by molar-refractivity contribution is -0.137. The standard InChI is InChI=1S/C12H17NO2/c1-8-4-5-10(6-9(8)2)11(13-3)7-12(14)15/h4-6,11,13H,7H2,1-3H3,(H,14,15). The summed E-state index contributed by atoms with van der Waals surface area (Å²) in [6, 6.07) is 5.93. The normalized spacial score (nSPS) is 12.5. The molecule has 0 bridgehead atoms. The molecule has 0 aromatic heterocycles. The van der Waals surface area contributed by atoms with Crippen molar-refractivity contribution in [2.45, 2.75) is 26.3 Å². The largest absolute Gasteiger partial charge is 0.481 e. The van der Waals surface area contributed by atoms with Gasteiger partial charge in [0.2, 0.25) is 0 Å². The lowest BCUT2D eigenvalue weighted by atomic mass is 9.99. The molecule has 3 nitrogen and oxygen atoms in total. The molecular formula is C12H17NO2. The third-order valence-electron chi connectivity index (χ3n) is 2.66. The zero-order chi connectivity index (χ0) is 11.4. The summed E-state index contributed by atoms with van der Waals surface area (Å²) in [6.45, 7) is 4.08. The van der Waals surface area contributed by atoms with E-state index >= 15 is 0 Å². The van der Waals surface area contributed by atoms with Gasteiger partial charge in [0.15, 0.2) is 0 Å². The summed E-state index contributed by atoms with van der Waals surface area (Å²) in [6.07, 6.45) is 0.110. The molecule has 0 fully saturated rings. The van der Waals surface area contributed by atoms with Crippen molar-refractivity contribution in [2.75, 3.05) is 7.05 Å². The van der Waals surface area contributed by atoms with Gasteiger partial charge in [-0.25, -0.2) is 0 Å². The first-order valence-electron chi connectivity index (χ1n) is 5.00. The average Bonchev–Trinajstić information content (AvgIpc) is 2.18. The molecular weight excluding hydrogens is 190 g/mol. The smallest absolute Gasteiger partial charge is 0.305 e. The van der Waals surface area contributed by atoms with Gasteiger partial charge in [-0.3, -0.25) is 4.79 Å². The highest BCUT2D eigenvalue weighted by Gasteiger charge is 2.13. The van der Waals surface area contributed by atoms with Crippen LogP contribution in [-0.2, 0) is 4.79 Å². The van der Waals surface area contributed by atoms with E-state index in [1.54, 1.807) is 7.05 Å². The molecule has 0 aliphatic heterocycles. The molecule has 1 aromatic carbocycles. The number of aryl methyl sites for hydroxylation is 2. The van der Waals surface area contributed by atoms with Crippen LogP contribution in [0.3, 0.4) is 0 Å². The van der Waals surface area contributed by atoms with E-state index < -0.39 is 5.97 Å². The summed E-state index contributed by atoms with van der Waals surface area (Å²) in [5.41, 5.74) is 3.45. The fourth-order valence-corrected chi connectivity index (χ4v) is 1.54. The van der Waals surface area contributed by atoms with Crippen LogP contribution >= 0.6 is 0 Å². The van der Waals surface area contributed by atoms with Gasteiger partial charge in [0, 0.05) is 6.04 Å². The van der Waals surface area contributed by atoms with E-state index in [-0.39, 0.29) is 12.5 Å². The lowest BCUT2D eigenvalue weighted by Crippen LogP contribution is -2.19. The van der Waals surface area contributed by atoms with Gasteiger partial charge in [-0.05, 0) is 37.6 Å². The van der Waals surface area contributed by atoms with Crippen LogP contribution in [-0.4, -0.2) is 18.1 Å². The van der Waals surface area contributed by atoms with Gasteiger partial charge in [-0.2, -0.15) is 0 Å². The van der Waals surface area contributed by atoms with Crippen LogP contribution in [0.1, 0.15) is 29.2 Å². The second kappa shape index (κ2) is 4.94. The number of benzene rings is 1. The van der Waals surface area contributed by atoms with Crippen molar-refractivity contribution < 1.29 is 9.90 Å². The zero-order valence-electron chi connectivity index (χ0n) is 9.37. The monoisotopic (exact) mass is 207 g/mol. The van der Waals surface area contributed by atoms with Crippen molar-refractivity contribution in [3.63, 3.8) is 0 Å². The summed E-state index contributed by atoms with van der Waals surface area (Å²) >= 11 is 0. The minimum absolute atomic E-state index is 0.109. The van der Waals surface area contributed by atoms with Crippen LogP contribution in [0.5, 0.6) is 0 Å². The Morgan fingerprint density at radius 2 is 2.07 bits per heavy atom. The Hall–Kier alpha value is -1.35. The number of rotatable bonds is 4. The molecule has 82 valence electrons. The number of nitrogens with one attached hydrogen (secondary N) is 1. The van der Waals surface area contributed by atoms with Gasteiger partial charge in [-0.1, -0.05) is 18.2 Å². The predicted molar refractivity (Wildman–Crippen MR) is 60.0 cm³/mol. The maximum atomic E-state index is 10.7. The van der Waals surface area contributed by atoms with Crippen LogP contribution in [0, 0.1) is 13.8 Å². The summed E-state index contributed by atoms with van der Waals surface area (Å²) in [5.74, 6) is -0.785. The molecule has 1 unspecified atom stereocenters. The third kappa shape index (κ3) is 3.06. The molecule has 1 aromatic rings. The number of hydrogen-bond donors (Lipinski definition) is 2. The molecule has 3 heteroatoms. The van der Waals surface area contributed by atoms with Crippen LogP contribution in [0.25, 0.3) is 0 Å². The summed E-state index contributed by atoms with van der Waals surface area (Å²) in [7, 11) is 1.78. The molecule has 0 heterocycles. The molecule has 1 rings (SSSR count). The first-order chi connectivity index (χ1) is 7.04. The number of carboxylic acids is 1. The first-order valence-corrected chi connectivity index (χ1v) is 5.00. The van der Waals surface area contributed by atoms with Gasteiger partial charge in [-0.15, -0.1) is 0 Å². The van der Waals surface area contributed by atoms with Gasteiger partial charge < -0.3 is 10.4 Å². The Morgan fingerprint density at radius 1 is 1.40 bits per heavy atom. The highest BCUT2D eigenvalue weighted by Crippen LogP contribution is 2.19. The topological polar surface area (TPSA) is 49.3 Å². The van der Waals surface area contributed by atoms with E-state index in [2.05, 4.69) is 5.32 Å². The van der Waals surface area contributed by atoms with Crippen molar-refractivity contribution in [3.05, 3.63) is 34.9 Å². The number of aliphatic carboxylic acids is 1. The average molecular weight is 207 g/mol. The number of carboxylic acid groups (broad SMARTS) is 1. The lowest BCUT2D eigenvalue weighted by Gasteiger charge is -2.15. The zero-order valence-corrected chi connectivity index (χ0v) is 9.37. The van der Waals surface area contributed by atoms with Crippen LogP contribution in [0.2, 0.25) is 0 Å². The number of carbonyl (C=O) groups is 1. The molecule has 0 radical (unpaired) electrons. The highest BCUT2D eigenvalue weighted by molar-refractivity contribution is 5.68. The van der Waals surface area contributed by atoms with E-state index in [1.807, 2.05) is 32.0 Å². The van der Waals surface area contributed by atoms with Crippen molar-refractivity contribution in [3.8, 4) is 0 Å². The predicted octanol–water partition coefficient (Wildman–Crippen LogP) is 2.04. The number of hydrogen-bond acceptors (Lipinski definition) is 2. The van der Waals surface area contributed by atoms with Crippen LogP contribution in [0.4, 0.5) is 0 Å². The maximum absolute atomic E-state index is 10.7. The molecule has 1 atom stereocenters. The van der Waals surface area contributed by atoms with Crippen molar-refractivity contribution in [2.24, 2.45) is 0 Å². The van der Waals surface area contributed by atoms with Gasteiger partial charge in [0.1, 0.15) is 0 Å². The van der Waals surface area contributed by atoms with Crippen molar-refractivity contribution >= 4 is 5.97 Å². The summed E-state index contributed by atoms with van der Waals surface area (Å²) < 4.78 is 0. The van der Waals surface area contributed by atoms with E-state index in [0.717, 1.165) is 5.56 Å². The summed E-state index contributed by atoms with van der Waals surface area (Å²) in [4.78, 5) is 10.7. The Kier molecular flexibility index (Phi) is 3.86. The molecule has 0 amide bonds. The van der Waals surface area contributed by atoms with Gasteiger partial charge >= 0.3 is 5.97 Å². The van der Waals surface area contributed by atoms with Gasteiger partial charge in [0.05, 0.1) is 6.42 Å². The molecule has 0 saturated carbocycles. The molecule has 0 spiro atoms. The van der Waals surface area contributed by atoms with Gasteiger partial charge in [0.25, 0.3) is 0 Å². The fourth-order valence-electron chi connectivity index (χ4n) is 1.54. The molecule has 2 N–H and O–H groups in total. The van der Waals surface area contributed by atoms with Crippen LogP contribution in [0.15, 0.2) is 18.2 Å². The molecule has 0 aliphatic carbocycles. The Labute approximate surface area is 90.1 Å². The summed E-state index contributed by atoms with van der Waals surface area (Å²) in [5, 5.41) is 11.8. The quantitative estimate of drug-likeness (QED) is 0.794. The van der Waals surface area contributed by atoms with Crippen molar-refractivity contribution in [1.82, 2.24) is 5.32 Å². The Bertz CT molecular complexity index is 361. The Balaban J connectivity index is 2.92. The SMILES string of the molecule is CNC(CC(=O)O)c1ccc(C)c(C)c1. The van der Waals surface area contributed by atoms with Crippen molar-refractivity contribution in [1.29, 1.82) is 0 Å². The fraction of sp³-hybridized carbons (Fsp3) is 0.417. The minimum atomic E-state index is -0.785. The minimum Gasteiger partial charge on any atom is -0.481 e.